The molecule has 0 saturated carbocycles. The Hall–Kier alpha value is -1.60. The molecular formula is C4H4FeNO7-. The van der Waals surface area contributed by atoms with Gasteiger partial charge in [-0.2, -0.15) is 0 Å². The van der Waals surface area contributed by atoms with Crippen molar-refractivity contribution < 1.29 is 42.0 Å². The van der Waals surface area contributed by atoms with Crippen LogP contribution < -0.4 is 0 Å². The van der Waals surface area contributed by atoms with Gasteiger partial charge in [0.15, 0.2) is 0 Å². The zero-order chi connectivity index (χ0) is 10.1. The molecule has 0 rings (SSSR count). The SMILES string of the molecule is O=C(O)/C=C/C(=O)O.O=[N+]([O-])[O-].[Fe]. The first-order valence-electron chi connectivity index (χ1n) is 2.31. The summed E-state index contributed by atoms with van der Waals surface area (Å²) in [7, 11) is 0. The topological polar surface area (TPSA) is 141 Å². The van der Waals surface area contributed by atoms with Gasteiger partial charge in [0.2, 0.25) is 0 Å². The van der Waals surface area contributed by atoms with E-state index >= 15 is 0 Å². The summed E-state index contributed by atoms with van der Waals surface area (Å²) in [5.74, 6) is -2.51. The predicted molar refractivity (Wildman–Crippen MR) is 34.8 cm³/mol. The number of carboxylic acid groups (broad SMARTS) is 2. The Kier molecular flexibility index (Phi) is 14.0. The maximum atomic E-state index is 9.55. The Morgan fingerprint density at radius 2 is 1.23 bits per heavy atom. The fourth-order valence-corrected chi connectivity index (χ4v) is 0.143. The Morgan fingerprint density at radius 1 is 1.08 bits per heavy atom. The molecule has 13 heavy (non-hydrogen) atoms. The summed E-state index contributed by atoms with van der Waals surface area (Å²) in [4.78, 5) is 27.4. The van der Waals surface area contributed by atoms with E-state index in [-0.39, 0.29) is 17.1 Å². The van der Waals surface area contributed by atoms with Gasteiger partial charge < -0.3 is 25.5 Å². The normalized spacial score (nSPS) is 7.69. The van der Waals surface area contributed by atoms with E-state index in [9.17, 15) is 9.59 Å². The minimum Gasteiger partial charge on any atom is -0.478 e. The van der Waals surface area contributed by atoms with E-state index in [0.29, 0.717) is 12.2 Å². The molecule has 0 heterocycles. The molecule has 0 bridgehead atoms. The molecule has 8 nitrogen and oxygen atoms in total. The summed E-state index contributed by atoms with van der Waals surface area (Å²) in [6.07, 6.45) is 1.12. The number of nitrogens with zero attached hydrogens (tertiary/aromatic N) is 1. The third-order valence-electron chi connectivity index (χ3n) is 0.368. The summed E-state index contributed by atoms with van der Waals surface area (Å²) >= 11 is 0. The number of hydrogen-bond donors (Lipinski definition) is 2. The monoisotopic (exact) mass is 234 g/mol. The summed E-state index contributed by atoms with van der Waals surface area (Å²) < 4.78 is 0. The van der Waals surface area contributed by atoms with E-state index in [1.165, 1.54) is 0 Å². The molecule has 0 aromatic heterocycles. The van der Waals surface area contributed by atoms with Crippen molar-refractivity contribution in [3.63, 3.8) is 0 Å². The van der Waals surface area contributed by atoms with Gasteiger partial charge in [-0.05, 0) is 0 Å². The van der Waals surface area contributed by atoms with Crippen LogP contribution in [0.1, 0.15) is 0 Å². The molecule has 9 heteroatoms. The molecule has 0 aliphatic carbocycles. The molecule has 0 atom stereocenters. The van der Waals surface area contributed by atoms with Crippen LogP contribution in [0.5, 0.6) is 0 Å². The van der Waals surface area contributed by atoms with E-state index in [1.807, 2.05) is 0 Å². The van der Waals surface area contributed by atoms with Crippen molar-refractivity contribution >= 4 is 11.9 Å². The van der Waals surface area contributed by atoms with Crippen molar-refractivity contribution in [2.75, 3.05) is 0 Å². The minimum absolute atomic E-state index is 0. The molecule has 0 aliphatic rings. The van der Waals surface area contributed by atoms with Crippen LogP contribution in [0, 0.1) is 15.3 Å². The van der Waals surface area contributed by atoms with Crippen LogP contribution >= 0.6 is 0 Å². The fourth-order valence-electron chi connectivity index (χ4n) is 0.143. The van der Waals surface area contributed by atoms with Crippen LogP contribution in [0.2, 0.25) is 0 Å². The number of carboxylic acids is 2. The molecule has 0 aliphatic heterocycles. The second kappa shape index (κ2) is 10.4. The molecule has 0 radical (unpaired) electrons. The molecule has 2 N–H and O–H groups in total. The van der Waals surface area contributed by atoms with Crippen molar-refractivity contribution in [2.24, 2.45) is 0 Å². The number of rotatable bonds is 2. The number of carbonyl (C=O) groups is 2. The van der Waals surface area contributed by atoms with E-state index in [1.54, 1.807) is 0 Å². The van der Waals surface area contributed by atoms with Gasteiger partial charge in [-0.3, -0.25) is 0 Å². The zero-order valence-corrected chi connectivity index (χ0v) is 7.00. The van der Waals surface area contributed by atoms with E-state index in [4.69, 9.17) is 25.5 Å². The summed E-state index contributed by atoms with van der Waals surface area (Å²) in [5.41, 5.74) is 0. The van der Waals surface area contributed by atoms with Crippen molar-refractivity contribution in [3.05, 3.63) is 27.5 Å². The average Bonchev–Trinajstić information content (AvgIpc) is 1.82. The molecule has 0 amide bonds. The largest absolute Gasteiger partial charge is 0.478 e. The zero-order valence-electron chi connectivity index (χ0n) is 5.89. The quantitative estimate of drug-likeness (QED) is 0.283. The first-order chi connectivity index (χ1) is 5.36. The number of aliphatic carboxylic acids is 2. The van der Waals surface area contributed by atoms with Crippen molar-refractivity contribution in [2.45, 2.75) is 0 Å². The maximum absolute atomic E-state index is 9.55. The Bertz CT molecular complexity index is 193. The molecule has 0 unspecified atom stereocenters. The second-order valence-electron chi connectivity index (χ2n) is 1.23. The van der Waals surface area contributed by atoms with Gasteiger partial charge in [0.05, 0.1) is 5.09 Å². The first kappa shape index (κ1) is 17.5. The fraction of sp³-hybridized carbons (Fsp3) is 0. The second-order valence-corrected chi connectivity index (χ2v) is 1.23. The first-order valence-corrected chi connectivity index (χ1v) is 2.31. The Balaban J connectivity index is -0.000000173. The summed E-state index contributed by atoms with van der Waals surface area (Å²) in [6, 6.07) is 0. The van der Waals surface area contributed by atoms with Crippen molar-refractivity contribution in [1.29, 1.82) is 0 Å². The average molecular weight is 234 g/mol. The molecule has 0 aromatic carbocycles. The van der Waals surface area contributed by atoms with Gasteiger partial charge in [-0.1, -0.05) is 0 Å². The predicted octanol–water partition coefficient (Wildman–Crippen LogP) is -0.530. The van der Waals surface area contributed by atoms with Crippen LogP contribution in [-0.2, 0) is 26.7 Å². The molecule has 0 aromatic rings. The van der Waals surface area contributed by atoms with Crippen LogP contribution in [0.25, 0.3) is 0 Å². The van der Waals surface area contributed by atoms with Crippen LogP contribution in [0.15, 0.2) is 12.2 Å². The summed E-state index contributed by atoms with van der Waals surface area (Å²) in [5, 5.41) is 30.4. The third kappa shape index (κ3) is 63.5. The van der Waals surface area contributed by atoms with Gasteiger partial charge in [-0.15, -0.1) is 0 Å². The third-order valence-corrected chi connectivity index (χ3v) is 0.368. The summed E-state index contributed by atoms with van der Waals surface area (Å²) in [6.45, 7) is 0. The molecule has 0 fully saturated rings. The standard InChI is InChI=1S/C4H4O4.Fe.NO3/c5-3(6)1-2-4(7)8;;2-1(3)4/h1-2H,(H,5,6)(H,7,8);;/q;;-1/b2-1+;;. The van der Waals surface area contributed by atoms with E-state index < -0.39 is 17.0 Å². The van der Waals surface area contributed by atoms with E-state index in [0.717, 1.165) is 0 Å². The van der Waals surface area contributed by atoms with E-state index in [2.05, 4.69) is 0 Å². The van der Waals surface area contributed by atoms with Crippen molar-refractivity contribution in [1.82, 2.24) is 0 Å². The van der Waals surface area contributed by atoms with Crippen LogP contribution in [-0.4, -0.2) is 27.2 Å². The molecule has 0 saturated heterocycles. The van der Waals surface area contributed by atoms with Crippen molar-refractivity contribution in [3.8, 4) is 0 Å². The van der Waals surface area contributed by atoms with Crippen LogP contribution in [0.4, 0.5) is 0 Å². The molecule has 76 valence electrons. The van der Waals surface area contributed by atoms with Gasteiger partial charge >= 0.3 is 11.9 Å². The van der Waals surface area contributed by atoms with Gasteiger partial charge in [0.1, 0.15) is 0 Å². The Morgan fingerprint density at radius 3 is 1.31 bits per heavy atom. The Labute approximate surface area is 82.1 Å². The van der Waals surface area contributed by atoms with Gasteiger partial charge in [-0.25, -0.2) is 9.59 Å². The van der Waals surface area contributed by atoms with Gasteiger partial charge in [0, 0.05) is 29.2 Å². The maximum Gasteiger partial charge on any atom is 0.328 e. The molecular weight excluding hydrogens is 230 g/mol. The smallest absolute Gasteiger partial charge is 0.328 e. The van der Waals surface area contributed by atoms with Gasteiger partial charge in [0.25, 0.3) is 0 Å². The minimum atomic E-state index is -1.75. The number of hydrogen-bond acceptors (Lipinski definition) is 5. The molecule has 0 spiro atoms. The van der Waals surface area contributed by atoms with Crippen LogP contribution in [0.3, 0.4) is 0 Å².